The normalized spacial score (nSPS) is 21.4. The average Bonchev–Trinajstić information content (AvgIpc) is 2.93. The number of hydrogen-bond acceptors (Lipinski definition) is 4. The van der Waals surface area contributed by atoms with Gasteiger partial charge in [0.1, 0.15) is 0 Å². The molecule has 3 rings (SSSR count). The predicted molar refractivity (Wildman–Crippen MR) is 82.0 cm³/mol. The van der Waals surface area contributed by atoms with Crippen molar-refractivity contribution in [1.82, 2.24) is 14.0 Å². The number of imidazole rings is 1. The lowest BCUT2D eigenvalue weighted by Gasteiger charge is -2.23. The number of aryl methyl sites for hydroxylation is 1. The van der Waals surface area contributed by atoms with E-state index >= 15 is 0 Å². The molecule has 6 nitrogen and oxygen atoms in total. The fourth-order valence-electron chi connectivity index (χ4n) is 2.96. The van der Waals surface area contributed by atoms with Crippen LogP contribution in [0.1, 0.15) is 6.42 Å². The van der Waals surface area contributed by atoms with Crippen LogP contribution in [0, 0.1) is 0 Å². The van der Waals surface area contributed by atoms with Gasteiger partial charge in [-0.3, -0.25) is 14.0 Å². The van der Waals surface area contributed by atoms with E-state index in [9.17, 15) is 13.2 Å². The molecule has 114 valence electrons. The van der Waals surface area contributed by atoms with E-state index in [-0.39, 0.29) is 23.2 Å². The van der Waals surface area contributed by atoms with Crippen LogP contribution in [-0.2, 0) is 23.6 Å². The Kier molecular flexibility index (Phi) is 3.41. The number of para-hydroxylation sites is 2. The van der Waals surface area contributed by atoms with Gasteiger partial charge in [0.15, 0.2) is 9.84 Å². The maximum atomic E-state index is 12.3. The molecule has 0 spiro atoms. The van der Waals surface area contributed by atoms with Crippen molar-refractivity contribution in [2.45, 2.75) is 19.1 Å². The summed E-state index contributed by atoms with van der Waals surface area (Å²) in [5, 5.41) is 0. The maximum Gasteiger partial charge on any atom is 0.329 e. The first-order valence-corrected chi connectivity index (χ1v) is 8.76. The van der Waals surface area contributed by atoms with Gasteiger partial charge < -0.3 is 0 Å². The predicted octanol–water partition coefficient (Wildman–Crippen LogP) is 0.416. The van der Waals surface area contributed by atoms with Crippen molar-refractivity contribution in [3.63, 3.8) is 0 Å². The highest BCUT2D eigenvalue weighted by molar-refractivity contribution is 7.91. The maximum absolute atomic E-state index is 12.3. The first-order chi connectivity index (χ1) is 9.89. The zero-order chi connectivity index (χ0) is 15.2. The quantitative estimate of drug-likeness (QED) is 0.824. The highest BCUT2D eigenvalue weighted by atomic mass is 32.2. The molecular formula is C14H19N3O3S. The number of sulfone groups is 1. The van der Waals surface area contributed by atoms with Gasteiger partial charge in [-0.15, -0.1) is 0 Å². The van der Waals surface area contributed by atoms with Crippen molar-refractivity contribution >= 4 is 20.9 Å². The summed E-state index contributed by atoms with van der Waals surface area (Å²) in [6, 6.07) is 7.61. The largest absolute Gasteiger partial charge is 0.329 e. The van der Waals surface area contributed by atoms with Crippen molar-refractivity contribution in [1.29, 1.82) is 0 Å². The Morgan fingerprint density at radius 2 is 1.95 bits per heavy atom. The van der Waals surface area contributed by atoms with Gasteiger partial charge in [0.2, 0.25) is 0 Å². The van der Waals surface area contributed by atoms with Crippen molar-refractivity contribution in [3.05, 3.63) is 34.7 Å². The Bertz CT molecular complexity index is 835. The van der Waals surface area contributed by atoms with Crippen LogP contribution in [0.5, 0.6) is 0 Å². The third-order valence-corrected chi connectivity index (χ3v) is 6.00. The van der Waals surface area contributed by atoms with Crippen molar-refractivity contribution in [3.8, 4) is 0 Å². The van der Waals surface area contributed by atoms with Gasteiger partial charge in [-0.05, 0) is 25.6 Å². The van der Waals surface area contributed by atoms with Gasteiger partial charge in [-0.2, -0.15) is 0 Å². The first-order valence-electron chi connectivity index (χ1n) is 6.94. The lowest BCUT2D eigenvalue weighted by molar-refractivity contribution is 0.208. The van der Waals surface area contributed by atoms with E-state index in [2.05, 4.69) is 0 Å². The SMILES string of the molecule is CN(Cn1c(=O)n(C)c2ccccc21)[C@H]1CCS(=O)(=O)C1. The Morgan fingerprint density at radius 3 is 2.57 bits per heavy atom. The van der Waals surface area contributed by atoms with Gasteiger partial charge in [0, 0.05) is 13.1 Å². The third-order valence-electron chi connectivity index (χ3n) is 4.25. The molecule has 1 aromatic heterocycles. The molecule has 21 heavy (non-hydrogen) atoms. The Hall–Kier alpha value is -1.60. The van der Waals surface area contributed by atoms with Crippen molar-refractivity contribution in [2.75, 3.05) is 18.6 Å². The number of benzene rings is 1. The molecular weight excluding hydrogens is 290 g/mol. The van der Waals surface area contributed by atoms with Crippen molar-refractivity contribution < 1.29 is 8.42 Å². The highest BCUT2D eigenvalue weighted by Gasteiger charge is 2.31. The van der Waals surface area contributed by atoms with E-state index in [4.69, 9.17) is 0 Å². The third kappa shape index (κ3) is 2.51. The molecule has 1 fully saturated rings. The molecule has 1 aromatic carbocycles. The van der Waals surface area contributed by atoms with Crippen LogP contribution >= 0.6 is 0 Å². The number of rotatable bonds is 3. The molecule has 1 aliphatic rings. The second kappa shape index (κ2) is 4.99. The molecule has 1 aliphatic heterocycles. The van der Waals surface area contributed by atoms with Crippen LogP contribution in [0.3, 0.4) is 0 Å². The lowest BCUT2D eigenvalue weighted by Crippen LogP contribution is -2.37. The zero-order valence-electron chi connectivity index (χ0n) is 12.2. The zero-order valence-corrected chi connectivity index (χ0v) is 13.0. The molecule has 2 aromatic rings. The topological polar surface area (TPSA) is 64.3 Å². The van der Waals surface area contributed by atoms with Gasteiger partial charge in [-0.1, -0.05) is 12.1 Å². The number of nitrogens with zero attached hydrogens (tertiary/aromatic N) is 3. The molecule has 0 bridgehead atoms. The average molecular weight is 309 g/mol. The monoisotopic (exact) mass is 309 g/mol. The van der Waals surface area contributed by atoms with Gasteiger partial charge in [-0.25, -0.2) is 13.2 Å². The summed E-state index contributed by atoms with van der Waals surface area (Å²) in [7, 11) is 0.711. The summed E-state index contributed by atoms with van der Waals surface area (Å²) in [6.45, 7) is 0.403. The van der Waals surface area contributed by atoms with Crippen LogP contribution < -0.4 is 5.69 Å². The lowest BCUT2D eigenvalue weighted by atomic mass is 10.2. The minimum absolute atomic E-state index is 0.0131. The second-order valence-electron chi connectivity index (χ2n) is 5.71. The fourth-order valence-corrected chi connectivity index (χ4v) is 4.77. The molecule has 7 heteroatoms. The van der Waals surface area contributed by atoms with Crippen molar-refractivity contribution in [2.24, 2.45) is 7.05 Å². The first kappa shape index (κ1) is 14.3. The molecule has 0 saturated carbocycles. The minimum atomic E-state index is -2.91. The van der Waals surface area contributed by atoms with E-state index in [0.29, 0.717) is 13.1 Å². The summed E-state index contributed by atoms with van der Waals surface area (Å²) in [4.78, 5) is 14.3. The van der Waals surface area contributed by atoms with E-state index in [0.717, 1.165) is 11.0 Å². The molecule has 1 saturated heterocycles. The van der Waals surface area contributed by atoms with E-state index in [1.54, 1.807) is 16.2 Å². The standard InChI is InChI=1S/C14H19N3O3S/c1-15(11-7-8-21(19,20)9-11)10-17-13-6-4-3-5-12(13)16(2)14(17)18/h3-6,11H,7-10H2,1-2H3/t11-/m0/s1. The Balaban J connectivity index is 1.92. The summed E-state index contributed by atoms with van der Waals surface area (Å²) < 4.78 is 26.5. The van der Waals surface area contributed by atoms with Crippen LogP contribution in [0.25, 0.3) is 11.0 Å². The number of fused-ring (bicyclic) bond motifs is 1. The van der Waals surface area contributed by atoms with E-state index < -0.39 is 9.84 Å². The summed E-state index contributed by atoms with van der Waals surface area (Å²) in [5.74, 6) is 0.426. The second-order valence-corrected chi connectivity index (χ2v) is 7.94. The molecule has 0 unspecified atom stereocenters. The van der Waals surface area contributed by atoms with Crippen LogP contribution in [-0.4, -0.2) is 47.0 Å². The van der Waals surface area contributed by atoms with E-state index in [1.807, 2.05) is 36.2 Å². The molecule has 0 amide bonds. The smallest absolute Gasteiger partial charge is 0.295 e. The molecule has 0 aliphatic carbocycles. The van der Waals surface area contributed by atoms with Crippen LogP contribution in [0.15, 0.2) is 29.1 Å². The van der Waals surface area contributed by atoms with Gasteiger partial charge in [0.05, 0.1) is 29.2 Å². The fraction of sp³-hybridized carbons (Fsp3) is 0.500. The molecule has 0 N–H and O–H groups in total. The molecule has 1 atom stereocenters. The summed E-state index contributed by atoms with van der Waals surface area (Å²) >= 11 is 0. The van der Waals surface area contributed by atoms with Gasteiger partial charge in [0.25, 0.3) is 0 Å². The highest BCUT2D eigenvalue weighted by Crippen LogP contribution is 2.18. The number of aromatic nitrogens is 2. The minimum Gasteiger partial charge on any atom is -0.295 e. The van der Waals surface area contributed by atoms with E-state index in [1.165, 1.54) is 0 Å². The number of hydrogen-bond donors (Lipinski definition) is 0. The molecule has 0 radical (unpaired) electrons. The van der Waals surface area contributed by atoms with Gasteiger partial charge >= 0.3 is 5.69 Å². The Labute approximate surface area is 123 Å². The molecule has 2 heterocycles. The van der Waals surface area contributed by atoms with Crippen LogP contribution in [0.4, 0.5) is 0 Å². The summed E-state index contributed by atoms with van der Waals surface area (Å²) in [5.41, 5.74) is 1.68. The summed E-state index contributed by atoms with van der Waals surface area (Å²) in [6.07, 6.45) is 0.637. The Morgan fingerprint density at radius 1 is 1.29 bits per heavy atom. The van der Waals surface area contributed by atoms with Crippen LogP contribution in [0.2, 0.25) is 0 Å².